The van der Waals surface area contributed by atoms with Crippen LogP contribution >= 0.6 is 11.3 Å². The lowest BCUT2D eigenvalue weighted by Gasteiger charge is -2.26. The molecule has 84 valence electrons. The lowest BCUT2D eigenvalue weighted by atomic mass is 10.3. The van der Waals surface area contributed by atoms with Gasteiger partial charge in [0, 0.05) is 31.4 Å². The van der Waals surface area contributed by atoms with Crippen molar-refractivity contribution in [3.05, 3.63) is 11.1 Å². The number of hydrogen-bond donors (Lipinski definition) is 1. The third-order valence-electron chi connectivity index (χ3n) is 2.45. The molecule has 1 aliphatic rings. The Morgan fingerprint density at radius 2 is 2.33 bits per heavy atom. The van der Waals surface area contributed by atoms with Crippen molar-refractivity contribution in [1.82, 2.24) is 10.3 Å². The maximum atomic E-state index is 5.32. The van der Waals surface area contributed by atoms with E-state index in [-0.39, 0.29) is 0 Å². The van der Waals surface area contributed by atoms with E-state index in [4.69, 9.17) is 4.74 Å². The molecule has 0 bridgehead atoms. The molecule has 1 aromatic heterocycles. The van der Waals surface area contributed by atoms with E-state index in [1.165, 1.54) is 5.69 Å². The molecular weight excluding hydrogens is 210 g/mol. The largest absolute Gasteiger partial charge is 0.378 e. The molecule has 1 aliphatic heterocycles. The Balaban J connectivity index is 1.93. The number of ether oxygens (including phenoxy) is 1. The summed E-state index contributed by atoms with van der Waals surface area (Å²) in [4.78, 5) is 6.92. The highest BCUT2D eigenvalue weighted by Gasteiger charge is 2.14. The van der Waals surface area contributed by atoms with E-state index in [2.05, 4.69) is 20.6 Å². The number of nitrogens with zero attached hydrogens (tertiary/aromatic N) is 2. The zero-order chi connectivity index (χ0) is 10.5. The van der Waals surface area contributed by atoms with E-state index < -0.39 is 0 Å². The lowest BCUT2D eigenvalue weighted by molar-refractivity contribution is 0.122. The number of nitrogens with one attached hydrogen (secondary N) is 1. The van der Waals surface area contributed by atoms with Crippen LogP contribution in [0.2, 0.25) is 0 Å². The van der Waals surface area contributed by atoms with E-state index in [0.29, 0.717) is 0 Å². The molecular formula is C10H17N3OS. The maximum absolute atomic E-state index is 5.32. The van der Waals surface area contributed by atoms with E-state index in [9.17, 15) is 0 Å². The molecule has 15 heavy (non-hydrogen) atoms. The van der Waals surface area contributed by atoms with Crippen molar-refractivity contribution in [2.75, 3.05) is 44.8 Å². The fourth-order valence-corrected chi connectivity index (χ4v) is 2.48. The normalized spacial score (nSPS) is 17.0. The summed E-state index contributed by atoms with van der Waals surface area (Å²) in [5.74, 6) is 0. The second-order valence-corrected chi connectivity index (χ2v) is 4.41. The van der Waals surface area contributed by atoms with Gasteiger partial charge in [-0.3, -0.25) is 0 Å². The van der Waals surface area contributed by atoms with Crippen molar-refractivity contribution in [1.29, 1.82) is 0 Å². The molecule has 2 heterocycles. The summed E-state index contributed by atoms with van der Waals surface area (Å²) >= 11 is 1.74. The van der Waals surface area contributed by atoms with Crippen molar-refractivity contribution < 1.29 is 4.74 Å². The third kappa shape index (κ3) is 2.90. The molecule has 4 nitrogen and oxygen atoms in total. The fraction of sp³-hybridized carbons (Fsp3) is 0.700. The third-order valence-corrected chi connectivity index (χ3v) is 3.40. The number of thiazole rings is 1. The smallest absolute Gasteiger partial charge is 0.185 e. The van der Waals surface area contributed by atoms with Crippen molar-refractivity contribution in [3.8, 4) is 0 Å². The number of anilines is 1. The zero-order valence-electron chi connectivity index (χ0n) is 9.03. The molecule has 0 unspecified atom stereocenters. The van der Waals surface area contributed by atoms with Crippen LogP contribution in [0.3, 0.4) is 0 Å². The Kier molecular flexibility index (Phi) is 3.94. The molecule has 2 rings (SSSR count). The van der Waals surface area contributed by atoms with Crippen LogP contribution < -0.4 is 10.2 Å². The highest BCUT2D eigenvalue weighted by atomic mass is 32.1. The quantitative estimate of drug-likeness (QED) is 0.823. The number of morpholine rings is 1. The minimum absolute atomic E-state index is 0.825. The standard InChI is InChI=1S/C10H17N3OS/c1-11-3-2-9-8-15-10(12-9)13-4-6-14-7-5-13/h8,11H,2-7H2,1H3. The van der Waals surface area contributed by atoms with Gasteiger partial charge < -0.3 is 15.0 Å². The van der Waals surface area contributed by atoms with Gasteiger partial charge in [0.25, 0.3) is 0 Å². The Labute approximate surface area is 94.3 Å². The summed E-state index contributed by atoms with van der Waals surface area (Å²) in [6, 6.07) is 0. The fourth-order valence-electron chi connectivity index (χ4n) is 1.56. The minimum atomic E-state index is 0.825. The first kappa shape index (κ1) is 10.9. The van der Waals surface area contributed by atoms with Crippen LogP contribution in [0.15, 0.2) is 5.38 Å². The van der Waals surface area contributed by atoms with Gasteiger partial charge in [-0.15, -0.1) is 11.3 Å². The number of aromatic nitrogens is 1. The van der Waals surface area contributed by atoms with Gasteiger partial charge in [0.05, 0.1) is 18.9 Å². The molecule has 5 heteroatoms. The van der Waals surface area contributed by atoms with E-state index in [1.807, 2.05) is 7.05 Å². The highest BCUT2D eigenvalue weighted by molar-refractivity contribution is 7.13. The zero-order valence-corrected chi connectivity index (χ0v) is 9.85. The SMILES string of the molecule is CNCCc1csc(N2CCOCC2)n1. The molecule has 0 amide bonds. The average molecular weight is 227 g/mol. The maximum Gasteiger partial charge on any atom is 0.185 e. The Morgan fingerprint density at radius 1 is 1.53 bits per heavy atom. The van der Waals surface area contributed by atoms with Gasteiger partial charge in [0.2, 0.25) is 0 Å². The molecule has 1 aromatic rings. The van der Waals surface area contributed by atoms with Gasteiger partial charge in [0.1, 0.15) is 0 Å². The first-order valence-electron chi connectivity index (χ1n) is 5.32. The monoisotopic (exact) mass is 227 g/mol. The lowest BCUT2D eigenvalue weighted by Crippen LogP contribution is -2.36. The highest BCUT2D eigenvalue weighted by Crippen LogP contribution is 2.21. The van der Waals surface area contributed by atoms with Crippen molar-refractivity contribution in [2.45, 2.75) is 6.42 Å². The van der Waals surface area contributed by atoms with Gasteiger partial charge in [0.15, 0.2) is 5.13 Å². The molecule has 1 saturated heterocycles. The molecule has 0 aliphatic carbocycles. The van der Waals surface area contributed by atoms with Crippen LogP contribution in [-0.2, 0) is 11.2 Å². The van der Waals surface area contributed by atoms with Crippen LogP contribution in [0.1, 0.15) is 5.69 Å². The number of hydrogen-bond acceptors (Lipinski definition) is 5. The number of likely N-dealkylation sites (N-methyl/N-ethyl adjacent to an activating group) is 1. The summed E-state index contributed by atoms with van der Waals surface area (Å²) in [5, 5.41) is 6.43. The van der Waals surface area contributed by atoms with E-state index in [1.54, 1.807) is 11.3 Å². The van der Waals surface area contributed by atoms with Crippen LogP contribution in [-0.4, -0.2) is 44.9 Å². The summed E-state index contributed by atoms with van der Waals surface area (Å²) < 4.78 is 5.32. The van der Waals surface area contributed by atoms with Crippen molar-refractivity contribution in [2.24, 2.45) is 0 Å². The second-order valence-electron chi connectivity index (χ2n) is 3.57. The Hall–Kier alpha value is -0.650. The first-order valence-corrected chi connectivity index (χ1v) is 6.20. The average Bonchev–Trinajstić information content (AvgIpc) is 2.76. The summed E-state index contributed by atoms with van der Waals surface area (Å²) in [6.45, 7) is 4.58. The second kappa shape index (κ2) is 5.44. The summed E-state index contributed by atoms with van der Waals surface area (Å²) in [7, 11) is 1.97. The summed E-state index contributed by atoms with van der Waals surface area (Å²) in [6.07, 6.45) is 1.01. The molecule has 0 radical (unpaired) electrons. The predicted molar refractivity (Wildman–Crippen MR) is 62.8 cm³/mol. The van der Waals surface area contributed by atoms with Crippen molar-refractivity contribution >= 4 is 16.5 Å². The van der Waals surface area contributed by atoms with Gasteiger partial charge >= 0.3 is 0 Å². The topological polar surface area (TPSA) is 37.4 Å². The summed E-state index contributed by atoms with van der Waals surface area (Å²) in [5.41, 5.74) is 1.19. The molecule has 0 atom stereocenters. The Bertz CT molecular complexity index is 297. The molecule has 1 N–H and O–H groups in total. The van der Waals surface area contributed by atoms with Crippen LogP contribution in [0.5, 0.6) is 0 Å². The van der Waals surface area contributed by atoms with Gasteiger partial charge in [-0.05, 0) is 7.05 Å². The van der Waals surface area contributed by atoms with Gasteiger partial charge in [-0.1, -0.05) is 0 Å². The van der Waals surface area contributed by atoms with Crippen molar-refractivity contribution in [3.63, 3.8) is 0 Å². The van der Waals surface area contributed by atoms with Crippen LogP contribution in [0, 0.1) is 0 Å². The van der Waals surface area contributed by atoms with Crippen LogP contribution in [0.4, 0.5) is 5.13 Å². The predicted octanol–water partition coefficient (Wildman–Crippen LogP) is 0.742. The first-order chi connectivity index (χ1) is 7.40. The molecule has 1 fully saturated rings. The molecule has 0 aromatic carbocycles. The van der Waals surface area contributed by atoms with Crippen LogP contribution in [0.25, 0.3) is 0 Å². The van der Waals surface area contributed by atoms with Gasteiger partial charge in [-0.2, -0.15) is 0 Å². The Morgan fingerprint density at radius 3 is 3.07 bits per heavy atom. The van der Waals surface area contributed by atoms with E-state index in [0.717, 1.165) is 44.4 Å². The molecule has 0 saturated carbocycles. The number of rotatable bonds is 4. The molecule has 0 spiro atoms. The van der Waals surface area contributed by atoms with E-state index >= 15 is 0 Å². The minimum Gasteiger partial charge on any atom is -0.378 e. The van der Waals surface area contributed by atoms with Gasteiger partial charge in [-0.25, -0.2) is 4.98 Å².